The number of aromatic nitrogens is 1. The van der Waals surface area contributed by atoms with E-state index < -0.39 is 0 Å². The maximum absolute atomic E-state index is 2.41. The number of benzene rings is 13. The number of nitrogens with zero attached hydrogens (tertiary/aromatic N) is 2. The van der Waals surface area contributed by atoms with E-state index in [1.807, 2.05) is 0 Å². The van der Waals surface area contributed by atoms with E-state index >= 15 is 0 Å². The molecule has 14 aromatic rings. The molecule has 0 atom stereocenters. The van der Waals surface area contributed by atoms with Crippen molar-refractivity contribution in [2.75, 3.05) is 4.90 Å². The van der Waals surface area contributed by atoms with Crippen molar-refractivity contribution in [1.82, 2.24) is 4.57 Å². The zero-order valence-electron chi connectivity index (χ0n) is 40.6. The summed E-state index contributed by atoms with van der Waals surface area (Å²) in [4.78, 5) is 2.38. The Kier molecular flexibility index (Phi) is 10.6. The van der Waals surface area contributed by atoms with E-state index in [-0.39, 0.29) is 0 Å². The van der Waals surface area contributed by atoms with Gasteiger partial charge in [-0.3, -0.25) is 0 Å². The third-order valence-corrected chi connectivity index (χ3v) is 15.0. The third-order valence-electron chi connectivity index (χ3n) is 15.0. The first-order valence-electron chi connectivity index (χ1n) is 25.5. The normalized spacial score (nSPS) is 11.5. The number of para-hydroxylation sites is 2. The lowest BCUT2D eigenvalue weighted by atomic mass is 9.90. The van der Waals surface area contributed by atoms with Crippen LogP contribution in [0.5, 0.6) is 0 Å². The molecule has 0 aliphatic carbocycles. The molecule has 13 aromatic carbocycles. The summed E-state index contributed by atoms with van der Waals surface area (Å²) in [7, 11) is 0. The van der Waals surface area contributed by atoms with Crippen molar-refractivity contribution in [3.05, 3.63) is 291 Å². The summed E-state index contributed by atoms with van der Waals surface area (Å²) in [6.45, 7) is 0. The van der Waals surface area contributed by atoms with Gasteiger partial charge in [0.05, 0.1) is 11.0 Å². The van der Waals surface area contributed by atoms with E-state index in [2.05, 4.69) is 301 Å². The van der Waals surface area contributed by atoms with Gasteiger partial charge in [-0.05, 0) is 167 Å². The summed E-state index contributed by atoms with van der Waals surface area (Å²) in [6, 6.07) is 107. The topological polar surface area (TPSA) is 8.17 Å². The van der Waals surface area contributed by atoms with Gasteiger partial charge in [0.1, 0.15) is 0 Å². The van der Waals surface area contributed by atoms with Gasteiger partial charge in [0, 0.05) is 33.5 Å². The van der Waals surface area contributed by atoms with Crippen LogP contribution < -0.4 is 4.90 Å². The van der Waals surface area contributed by atoms with Gasteiger partial charge in [0.25, 0.3) is 0 Å². The van der Waals surface area contributed by atoms with Crippen LogP contribution in [0.3, 0.4) is 0 Å². The van der Waals surface area contributed by atoms with Crippen LogP contribution in [0.2, 0.25) is 0 Å². The average Bonchev–Trinajstić information content (AvgIpc) is 3.82. The van der Waals surface area contributed by atoms with E-state index in [0.29, 0.717) is 0 Å². The molecule has 0 saturated carbocycles. The Morgan fingerprint density at radius 3 is 1.12 bits per heavy atom. The minimum atomic E-state index is 1.08. The lowest BCUT2D eigenvalue weighted by Gasteiger charge is -2.26. The molecule has 0 bridgehead atoms. The molecule has 0 fully saturated rings. The maximum atomic E-state index is 2.41. The van der Waals surface area contributed by atoms with Crippen LogP contribution in [0.25, 0.3) is 115 Å². The number of hydrogen-bond donors (Lipinski definition) is 0. The smallest absolute Gasteiger partial charge is 0.0547 e. The molecule has 0 radical (unpaired) electrons. The van der Waals surface area contributed by atoms with E-state index in [0.717, 1.165) is 33.9 Å². The van der Waals surface area contributed by atoms with E-state index in [1.54, 1.807) is 0 Å². The maximum Gasteiger partial charge on any atom is 0.0547 e. The Bertz CT molecular complexity index is 4260. The Labute approximate surface area is 430 Å². The molecule has 0 aliphatic rings. The quantitative estimate of drug-likeness (QED) is 0.140. The van der Waals surface area contributed by atoms with Gasteiger partial charge < -0.3 is 9.47 Å². The van der Waals surface area contributed by atoms with Gasteiger partial charge in [0.15, 0.2) is 0 Å². The molecule has 14 rings (SSSR count). The second-order valence-corrected chi connectivity index (χ2v) is 19.2. The SMILES string of the molecule is c1ccc(-n2c3ccccc3c3c(-c4cc(-c5ccc(N(c6ccc(-c7cccc8ccccc78)cc6)c6ccc(-c7cccc8ccccc78)cc6)cc5)cc(-c5cccc6ccccc56)c4)cccc32)cc1. The Hall–Kier alpha value is -9.76. The third kappa shape index (κ3) is 7.52. The first-order valence-corrected chi connectivity index (χ1v) is 25.5. The van der Waals surface area contributed by atoms with Crippen molar-refractivity contribution in [2.24, 2.45) is 0 Å². The van der Waals surface area contributed by atoms with Crippen molar-refractivity contribution < 1.29 is 0 Å². The molecule has 0 saturated heterocycles. The minimum Gasteiger partial charge on any atom is -0.311 e. The fraction of sp³-hybridized carbons (Fsp3) is 0. The first-order chi connectivity index (χ1) is 36.7. The Morgan fingerprint density at radius 2 is 0.595 bits per heavy atom. The lowest BCUT2D eigenvalue weighted by Crippen LogP contribution is -2.09. The van der Waals surface area contributed by atoms with Gasteiger partial charge in [-0.1, -0.05) is 212 Å². The molecule has 0 amide bonds. The molecule has 1 aromatic heterocycles. The number of hydrogen-bond acceptors (Lipinski definition) is 1. The van der Waals surface area contributed by atoms with Crippen LogP contribution in [-0.4, -0.2) is 4.57 Å². The summed E-state index contributed by atoms with van der Waals surface area (Å²) < 4.78 is 2.41. The molecule has 2 heteroatoms. The van der Waals surface area contributed by atoms with Gasteiger partial charge in [-0.25, -0.2) is 0 Å². The van der Waals surface area contributed by atoms with Crippen LogP contribution in [-0.2, 0) is 0 Å². The standard InChI is InChI=1S/C72H48N2/c1-2-22-58(23-3-1)74-70-32-11-10-27-69(70)72-68(31-15-33-71(72)74)57-47-55(46-56(48-57)67-30-14-21-52-18-6-9-26-64(52)67)49-34-40-59(41-35-49)73(60-42-36-53(37-43-60)65-28-12-19-50-16-4-7-24-62(50)65)61-44-38-54(39-45-61)66-29-13-20-51-17-5-8-25-63(51)66/h1-48H. The fourth-order valence-corrected chi connectivity index (χ4v) is 11.5. The predicted octanol–water partition coefficient (Wildman–Crippen LogP) is 20.0. The van der Waals surface area contributed by atoms with Gasteiger partial charge in [-0.2, -0.15) is 0 Å². The molecular formula is C72H48N2. The second-order valence-electron chi connectivity index (χ2n) is 19.2. The van der Waals surface area contributed by atoms with Crippen molar-refractivity contribution in [3.63, 3.8) is 0 Å². The fourth-order valence-electron chi connectivity index (χ4n) is 11.5. The second kappa shape index (κ2) is 18.1. The molecule has 0 spiro atoms. The highest BCUT2D eigenvalue weighted by Crippen LogP contribution is 2.44. The summed E-state index contributed by atoms with van der Waals surface area (Å²) in [6.07, 6.45) is 0. The average molecular weight is 941 g/mol. The minimum absolute atomic E-state index is 1.08. The summed E-state index contributed by atoms with van der Waals surface area (Å²) >= 11 is 0. The lowest BCUT2D eigenvalue weighted by molar-refractivity contribution is 1.18. The number of anilines is 3. The van der Waals surface area contributed by atoms with Crippen LogP contribution in [0.4, 0.5) is 17.1 Å². The zero-order valence-corrected chi connectivity index (χ0v) is 40.6. The Balaban J connectivity index is 0.911. The van der Waals surface area contributed by atoms with Gasteiger partial charge >= 0.3 is 0 Å². The monoisotopic (exact) mass is 940 g/mol. The van der Waals surface area contributed by atoms with Gasteiger partial charge in [-0.15, -0.1) is 0 Å². The molecule has 1 heterocycles. The van der Waals surface area contributed by atoms with Crippen LogP contribution in [0, 0.1) is 0 Å². The van der Waals surface area contributed by atoms with Crippen molar-refractivity contribution >= 4 is 71.2 Å². The molecule has 346 valence electrons. The molecule has 74 heavy (non-hydrogen) atoms. The van der Waals surface area contributed by atoms with Crippen LogP contribution >= 0.6 is 0 Å². The highest BCUT2D eigenvalue weighted by atomic mass is 15.1. The zero-order chi connectivity index (χ0) is 49.0. The molecular weight excluding hydrogens is 893 g/mol. The summed E-state index contributed by atoms with van der Waals surface area (Å²) in [5, 5.41) is 9.93. The molecule has 0 unspecified atom stereocenters. The highest BCUT2D eigenvalue weighted by Gasteiger charge is 2.19. The van der Waals surface area contributed by atoms with Crippen molar-refractivity contribution in [1.29, 1.82) is 0 Å². The van der Waals surface area contributed by atoms with Crippen molar-refractivity contribution in [2.45, 2.75) is 0 Å². The number of fused-ring (bicyclic) bond motifs is 6. The van der Waals surface area contributed by atoms with E-state index in [1.165, 1.54) is 98.6 Å². The Morgan fingerprint density at radius 1 is 0.230 bits per heavy atom. The first kappa shape index (κ1) is 43.1. The summed E-state index contributed by atoms with van der Waals surface area (Å²) in [5.41, 5.74) is 18.7. The highest BCUT2D eigenvalue weighted by molar-refractivity contribution is 6.16. The van der Waals surface area contributed by atoms with Crippen LogP contribution in [0.1, 0.15) is 0 Å². The molecule has 2 nitrogen and oxygen atoms in total. The van der Waals surface area contributed by atoms with Crippen molar-refractivity contribution in [3.8, 4) is 61.3 Å². The van der Waals surface area contributed by atoms with Gasteiger partial charge in [0.2, 0.25) is 0 Å². The molecule has 0 aliphatic heterocycles. The van der Waals surface area contributed by atoms with E-state index in [4.69, 9.17) is 0 Å². The number of rotatable bonds is 9. The van der Waals surface area contributed by atoms with Crippen LogP contribution in [0.15, 0.2) is 291 Å². The predicted molar refractivity (Wildman–Crippen MR) is 315 cm³/mol. The summed E-state index contributed by atoms with van der Waals surface area (Å²) in [5.74, 6) is 0. The van der Waals surface area contributed by atoms with E-state index in [9.17, 15) is 0 Å². The molecule has 0 N–H and O–H groups in total. The largest absolute Gasteiger partial charge is 0.311 e.